The van der Waals surface area contributed by atoms with Crippen molar-refractivity contribution in [3.05, 3.63) is 82.7 Å². The molecule has 0 spiro atoms. The number of aromatic nitrogens is 2. The molecule has 0 aliphatic rings. The molecule has 1 N–H and O–H groups in total. The second kappa shape index (κ2) is 8.83. The fourth-order valence-corrected chi connectivity index (χ4v) is 3.26. The second-order valence-electron chi connectivity index (χ2n) is 6.45. The number of rotatable bonds is 6. The number of halogens is 1. The van der Waals surface area contributed by atoms with Gasteiger partial charge in [0.25, 0.3) is 0 Å². The van der Waals surface area contributed by atoms with E-state index in [0.29, 0.717) is 6.54 Å². The molecule has 0 aliphatic carbocycles. The summed E-state index contributed by atoms with van der Waals surface area (Å²) in [5.41, 5.74) is 5.55. The van der Waals surface area contributed by atoms with Crippen LogP contribution in [0.5, 0.6) is 0 Å². The summed E-state index contributed by atoms with van der Waals surface area (Å²) >= 11 is 6.19. The van der Waals surface area contributed by atoms with Crippen molar-refractivity contribution < 1.29 is 0 Å². The molecule has 0 fully saturated rings. The van der Waals surface area contributed by atoms with Crippen LogP contribution in [0.25, 0.3) is 16.5 Å². The van der Waals surface area contributed by atoms with Crippen molar-refractivity contribution in [2.24, 2.45) is 0 Å². The number of aryl methyl sites for hydroxylation is 1. The molecule has 0 bridgehead atoms. The Morgan fingerprint density at radius 2 is 1.89 bits per heavy atom. The minimum atomic E-state index is 0.248. The van der Waals surface area contributed by atoms with E-state index in [9.17, 15) is 0 Å². The summed E-state index contributed by atoms with van der Waals surface area (Å²) in [6, 6.07) is 14.6. The van der Waals surface area contributed by atoms with Gasteiger partial charge in [0, 0.05) is 6.54 Å². The van der Waals surface area contributed by atoms with Crippen molar-refractivity contribution in [1.82, 2.24) is 9.97 Å². The van der Waals surface area contributed by atoms with Crippen LogP contribution in [-0.4, -0.2) is 9.97 Å². The van der Waals surface area contributed by atoms with Crippen LogP contribution in [0.4, 0.5) is 5.82 Å². The first-order valence-corrected chi connectivity index (χ1v) is 9.59. The zero-order chi connectivity index (χ0) is 19.2. The smallest absolute Gasteiger partial charge is 0.224 e. The average Bonchev–Trinajstić information content (AvgIpc) is 2.66. The monoisotopic (exact) mass is 377 g/mol. The molecule has 2 aromatic carbocycles. The van der Waals surface area contributed by atoms with Gasteiger partial charge in [-0.3, -0.25) is 0 Å². The van der Waals surface area contributed by atoms with E-state index in [-0.39, 0.29) is 5.28 Å². The normalized spacial score (nSPS) is 12.1. The summed E-state index contributed by atoms with van der Waals surface area (Å²) < 4.78 is 0. The number of benzene rings is 2. The minimum absolute atomic E-state index is 0.248. The summed E-state index contributed by atoms with van der Waals surface area (Å²) in [7, 11) is 0. The molecule has 0 atom stereocenters. The van der Waals surface area contributed by atoms with E-state index in [0.717, 1.165) is 34.3 Å². The Morgan fingerprint density at radius 3 is 2.59 bits per heavy atom. The van der Waals surface area contributed by atoms with Gasteiger partial charge in [0.1, 0.15) is 5.82 Å². The van der Waals surface area contributed by atoms with E-state index >= 15 is 0 Å². The molecule has 0 radical (unpaired) electrons. The average molecular weight is 378 g/mol. The number of hydrogen-bond donors (Lipinski definition) is 1. The second-order valence-corrected chi connectivity index (χ2v) is 6.79. The van der Waals surface area contributed by atoms with Crippen molar-refractivity contribution in [3.8, 4) is 0 Å². The summed E-state index contributed by atoms with van der Waals surface area (Å²) in [6.07, 6.45) is 7.34. The van der Waals surface area contributed by atoms with E-state index in [1.807, 2.05) is 19.1 Å². The SMILES string of the molecule is C/C=C\C(=C/CC)c1cccc2nc(Cl)nc(NCc3ccc(C)cc3)c12. The molecule has 0 aliphatic heterocycles. The van der Waals surface area contributed by atoms with Crippen LogP contribution in [0.2, 0.25) is 5.28 Å². The van der Waals surface area contributed by atoms with Crippen LogP contribution in [-0.2, 0) is 6.54 Å². The highest BCUT2D eigenvalue weighted by Gasteiger charge is 2.13. The third-order valence-corrected chi connectivity index (χ3v) is 4.53. The first-order valence-electron chi connectivity index (χ1n) is 9.21. The van der Waals surface area contributed by atoms with Gasteiger partial charge in [0.15, 0.2) is 0 Å². The van der Waals surface area contributed by atoms with Crippen molar-refractivity contribution in [2.45, 2.75) is 33.7 Å². The van der Waals surface area contributed by atoms with Gasteiger partial charge in [-0.15, -0.1) is 0 Å². The first kappa shape index (κ1) is 19.1. The predicted molar refractivity (Wildman–Crippen MR) is 116 cm³/mol. The molecule has 3 nitrogen and oxygen atoms in total. The Morgan fingerprint density at radius 1 is 1.11 bits per heavy atom. The molecule has 1 aromatic heterocycles. The Bertz CT molecular complexity index is 988. The van der Waals surface area contributed by atoms with Gasteiger partial charge in [-0.2, -0.15) is 0 Å². The van der Waals surface area contributed by atoms with E-state index in [4.69, 9.17) is 11.6 Å². The van der Waals surface area contributed by atoms with Crippen LogP contribution < -0.4 is 5.32 Å². The fraction of sp³-hybridized carbons (Fsp3) is 0.217. The van der Waals surface area contributed by atoms with Gasteiger partial charge in [0.2, 0.25) is 5.28 Å². The van der Waals surface area contributed by atoms with E-state index in [1.165, 1.54) is 11.1 Å². The topological polar surface area (TPSA) is 37.8 Å². The Hall–Kier alpha value is -2.65. The number of nitrogens with one attached hydrogen (secondary N) is 1. The summed E-state index contributed by atoms with van der Waals surface area (Å²) in [5.74, 6) is 0.757. The van der Waals surface area contributed by atoms with Gasteiger partial charge in [-0.05, 0) is 54.6 Å². The van der Waals surface area contributed by atoms with E-state index in [2.05, 4.69) is 77.7 Å². The third kappa shape index (κ3) is 4.55. The lowest BCUT2D eigenvalue weighted by molar-refractivity contribution is 1.10. The standard InChI is InChI=1S/C23H24ClN3/c1-4-7-18(8-5-2)19-9-6-10-20-21(19)22(27-23(24)26-20)25-15-17-13-11-16(3)12-14-17/h4,6-14H,5,15H2,1-3H3,(H,25,26,27)/b7-4-,18-8+. The number of hydrogen-bond acceptors (Lipinski definition) is 3. The molecular formula is C23H24ClN3. The molecule has 0 unspecified atom stereocenters. The number of anilines is 1. The van der Waals surface area contributed by atoms with E-state index < -0.39 is 0 Å². The van der Waals surface area contributed by atoms with Crippen molar-refractivity contribution in [1.29, 1.82) is 0 Å². The van der Waals surface area contributed by atoms with Crippen LogP contribution in [0.3, 0.4) is 0 Å². The maximum absolute atomic E-state index is 6.19. The molecule has 0 saturated heterocycles. The van der Waals surface area contributed by atoms with Crippen LogP contribution in [0, 0.1) is 6.92 Å². The molecule has 0 saturated carbocycles. The summed E-state index contributed by atoms with van der Waals surface area (Å²) in [5, 5.41) is 4.70. The van der Waals surface area contributed by atoms with Gasteiger partial charge in [-0.1, -0.05) is 67.1 Å². The number of allylic oxidation sites excluding steroid dienone is 4. The molecule has 4 heteroatoms. The molecule has 1 heterocycles. The van der Waals surface area contributed by atoms with Crippen LogP contribution in [0.15, 0.2) is 60.7 Å². The summed E-state index contributed by atoms with van der Waals surface area (Å²) in [4.78, 5) is 8.92. The highest BCUT2D eigenvalue weighted by atomic mass is 35.5. The van der Waals surface area contributed by atoms with Crippen molar-refractivity contribution in [3.63, 3.8) is 0 Å². The molecule has 0 amide bonds. The maximum Gasteiger partial charge on any atom is 0.224 e. The van der Waals surface area contributed by atoms with Crippen molar-refractivity contribution in [2.75, 3.05) is 5.32 Å². The molecule has 138 valence electrons. The van der Waals surface area contributed by atoms with Gasteiger partial charge in [0.05, 0.1) is 10.9 Å². The Balaban J connectivity index is 2.08. The Kier molecular flexibility index (Phi) is 6.25. The lowest BCUT2D eigenvalue weighted by atomic mass is 9.99. The highest BCUT2D eigenvalue weighted by molar-refractivity contribution is 6.29. The lowest BCUT2D eigenvalue weighted by Crippen LogP contribution is -2.04. The maximum atomic E-state index is 6.19. The fourth-order valence-electron chi connectivity index (χ4n) is 3.08. The highest BCUT2D eigenvalue weighted by Crippen LogP contribution is 2.31. The molecule has 3 rings (SSSR count). The van der Waals surface area contributed by atoms with Crippen molar-refractivity contribution >= 4 is 33.9 Å². The molecule has 27 heavy (non-hydrogen) atoms. The quantitative estimate of drug-likeness (QED) is 0.389. The minimum Gasteiger partial charge on any atom is -0.365 e. The van der Waals surface area contributed by atoms with Gasteiger partial charge >= 0.3 is 0 Å². The van der Waals surface area contributed by atoms with Gasteiger partial charge < -0.3 is 5.32 Å². The lowest BCUT2D eigenvalue weighted by Gasteiger charge is -2.14. The van der Waals surface area contributed by atoms with Crippen LogP contribution >= 0.6 is 11.6 Å². The number of fused-ring (bicyclic) bond motifs is 1. The zero-order valence-electron chi connectivity index (χ0n) is 16.0. The number of nitrogens with zero attached hydrogens (tertiary/aromatic N) is 2. The molecular weight excluding hydrogens is 354 g/mol. The first-order chi connectivity index (χ1) is 13.1. The molecule has 3 aromatic rings. The third-order valence-electron chi connectivity index (χ3n) is 4.36. The summed E-state index contributed by atoms with van der Waals surface area (Å²) in [6.45, 7) is 6.93. The Labute approximate surface area is 165 Å². The van der Waals surface area contributed by atoms with Gasteiger partial charge in [-0.25, -0.2) is 9.97 Å². The zero-order valence-corrected chi connectivity index (χ0v) is 16.7. The van der Waals surface area contributed by atoms with E-state index in [1.54, 1.807) is 0 Å². The van der Waals surface area contributed by atoms with Crippen LogP contribution in [0.1, 0.15) is 37.0 Å². The predicted octanol–water partition coefficient (Wildman–Crippen LogP) is 6.57. The largest absolute Gasteiger partial charge is 0.365 e.